The molecule has 0 N–H and O–H groups in total. The summed E-state index contributed by atoms with van der Waals surface area (Å²) in [5.74, 6) is 0.498. The molecule has 3 aromatic carbocycles. The van der Waals surface area contributed by atoms with E-state index in [1.54, 1.807) is 48.5 Å². The van der Waals surface area contributed by atoms with E-state index in [9.17, 15) is 8.42 Å². The van der Waals surface area contributed by atoms with Crippen molar-refractivity contribution in [3.63, 3.8) is 0 Å². The zero-order valence-electron chi connectivity index (χ0n) is 13.0. The highest BCUT2D eigenvalue weighted by Crippen LogP contribution is 2.19. The standard InChI is InChI=1S/C19H14ClNO3S/c20-16-11-13-18(14-12-16)25(22,23)21-19(15-7-3-1-4-8-15)24-17-9-5-2-6-10-17/h1-14H/b21-19-. The fourth-order valence-corrected chi connectivity index (χ4v) is 3.15. The van der Waals surface area contributed by atoms with E-state index in [1.165, 1.54) is 24.3 Å². The molecule has 0 radical (unpaired) electrons. The Kier molecular flexibility index (Phi) is 5.16. The second kappa shape index (κ2) is 7.51. The SMILES string of the molecule is O=S(=O)(/N=C(\Oc1ccccc1)c1ccccc1)c1ccc(Cl)cc1. The highest BCUT2D eigenvalue weighted by Gasteiger charge is 2.17. The number of halogens is 1. The molecule has 6 heteroatoms. The van der Waals surface area contributed by atoms with Crippen LogP contribution >= 0.6 is 11.6 Å². The Balaban J connectivity index is 2.04. The fourth-order valence-electron chi connectivity index (χ4n) is 2.08. The van der Waals surface area contributed by atoms with Crippen molar-refractivity contribution in [3.05, 3.63) is 95.5 Å². The van der Waals surface area contributed by atoms with Crippen molar-refractivity contribution in [2.24, 2.45) is 4.40 Å². The van der Waals surface area contributed by atoms with Gasteiger partial charge in [-0.1, -0.05) is 48.0 Å². The van der Waals surface area contributed by atoms with Gasteiger partial charge in [-0.05, 0) is 48.5 Å². The molecular weight excluding hydrogens is 358 g/mol. The maximum absolute atomic E-state index is 12.6. The zero-order chi connectivity index (χ0) is 17.7. The van der Waals surface area contributed by atoms with Gasteiger partial charge in [-0.3, -0.25) is 0 Å². The van der Waals surface area contributed by atoms with E-state index in [-0.39, 0.29) is 10.8 Å². The van der Waals surface area contributed by atoms with Crippen LogP contribution in [0.4, 0.5) is 0 Å². The molecule has 25 heavy (non-hydrogen) atoms. The van der Waals surface area contributed by atoms with Gasteiger partial charge < -0.3 is 4.74 Å². The van der Waals surface area contributed by atoms with Crippen LogP contribution in [-0.4, -0.2) is 14.3 Å². The van der Waals surface area contributed by atoms with Gasteiger partial charge in [0.25, 0.3) is 10.0 Å². The van der Waals surface area contributed by atoms with Gasteiger partial charge in [0, 0.05) is 10.6 Å². The number of nitrogens with zero attached hydrogens (tertiary/aromatic N) is 1. The summed E-state index contributed by atoms with van der Waals surface area (Å²) in [6.45, 7) is 0. The minimum Gasteiger partial charge on any atom is -0.438 e. The van der Waals surface area contributed by atoms with Crippen molar-refractivity contribution >= 4 is 27.5 Å². The minimum absolute atomic E-state index is 0.00162. The predicted molar refractivity (Wildman–Crippen MR) is 98.7 cm³/mol. The van der Waals surface area contributed by atoms with Crippen LogP contribution in [0.25, 0.3) is 0 Å². The smallest absolute Gasteiger partial charge is 0.285 e. The number of ether oxygens (including phenoxy) is 1. The van der Waals surface area contributed by atoms with Crippen LogP contribution < -0.4 is 4.74 Å². The van der Waals surface area contributed by atoms with E-state index >= 15 is 0 Å². The molecule has 0 saturated carbocycles. The number of para-hydroxylation sites is 1. The normalized spacial score (nSPS) is 12.0. The largest absolute Gasteiger partial charge is 0.438 e. The van der Waals surface area contributed by atoms with Crippen LogP contribution in [-0.2, 0) is 10.0 Å². The Morgan fingerprint density at radius 2 is 1.36 bits per heavy atom. The second-order valence-corrected chi connectivity index (χ2v) is 7.15. The maximum atomic E-state index is 12.6. The molecule has 0 spiro atoms. The third kappa shape index (κ3) is 4.47. The van der Waals surface area contributed by atoms with Crippen LogP contribution in [0, 0.1) is 0 Å². The summed E-state index contributed by atoms with van der Waals surface area (Å²) in [6.07, 6.45) is 0. The highest BCUT2D eigenvalue weighted by molar-refractivity contribution is 7.90. The molecule has 4 nitrogen and oxygen atoms in total. The average molecular weight is 372 g/mol. The van der Waals surface area contributed by atoms with Gasteiger partial charge in [-0.2, -0.15) is 8.42 Å². The van der Waals surface area contributed by atoms with E-state index < -0.39 is 10.0 Å². The third-order valence-corrected chi connectivity index (χ3v) is 4.82. The Morgan fingerprint density at radius 3 is 1.96 bits per heavy atom. The van der Waals surface area contributed by atoms with Gasteiger partial charge in [0.05, 0.1) is 4.90 Å². The number of benzene rings is 3. The Morgan fingerprint density at radius 1 is 0.800 bits per heavy atom. The van der Waals surface area contributed by atoms with Crippen LogP contribution in [0.3, 0.4) is 0 Å². The molecule has 0 bridgehead atoms. The van der Waals surface area contributed by atoms with Crippen molar-refractivity contribution in [1.82, 2.24) is 0 Å². The molecule has 0 aromatic heterocycles. The minimum atomic E-state index is -3.94. The quantitative estimate of drug-likeness (QED) is 0.499. The molecule has 0 atom stereocenters. The van der Waals surface area contributed by atoms with Gasteiger partial charge in [-0.25, -0.2) is 0 Å². The monoisotopic (exact) mass is 371 g/mol. The van der Waals surface area contributed by atoms with Gasteiger partial charge >= 0.3 is 0 Å². The molecule has 0 fully saturated rings. The summed E-state index contributed by atoms with van der Waals surface area (Å²) in [4.78, 5) is 0.0435. The van der Waals surface area contributed by atoms with E-state index in [4.69, 9.17) is 16.3 Å². The molecule has 0 aliphatic rings. The fraction of sp³-hybridized carbons (Fsp3) is 0. The Bertz CT molecular complexity index is 970. The molecule has 0 unspecified atom stereocenters. The predicted octanol–water partition coefficient (Wildman–Crippen LogP) is 4.55. The van der Waals surface area contributed by atoms with Crippen molar-refractivity contribution in [3.8, 4) is 5.75 Å². The lowest BCUT2D eigenvalue weighted by molar-refractivity contribution is 0.550. The van der Waals surface area contributed by atoms with Crippen LogP contribution in [0.15, 0.2) is 94.2 Å². The summed E-state index contributed by atoms with van der Waals surface area (Å²) in [5, 5.41) is 0.451. The van der Waals surface area contributed by atoms with E-state index in [2.05, 4.69) is 4.40 Å². The molecule has 0 amide bonds. The van der Waals surface area contributed by atoms with Crippen molar-refractivity contribution in [2.45, 2.75) is 4.90 Å². The third-order valence-electron chi connectivity index (χ3n) is 3.29. The summed E-state index contributed by atoms with van der Waals surface area (Å²) in [7, 11) is -3.94. The van der Waals surface area contributed by atoms with E-state index in [0.29, 0.717) is 16.3 Å². The van der Waals surface area contributed by atoms with Gasteiger partial charge in [0.15, 0.2) is 0 Å². The second-order valence-electron chi connectivity index (χ2n) is 5.11. The first-order valence-electron chi connectivity index (χ1n) is 7.43. The Labute approximate surface area is 151 Å². The first-order chi connectivity index (χ1) is 12.0. The van der Waals surface area contributed by atoms with Crippen molar-refractivity contribution < 1.29 is 13.2 Å². The average Bonchev–Trinajstić information content (AvgIpc) is 2.63. The lowest BCUT2D eigenvalue weighted by atomic mass is 10.2. The topological polar surface area (TPSA) is 55.7 Å². The number of rotatable bonds is 4. The molecule has 0 saturated heterocycles. The summed E-state index contributed by atoms with van der Waals surface area (Å²) >= 11 is 5.82. The van der Waals surface area contributed by atoms with Gasteiger partial charge in [0.1, 0.15) is 5.75 Å². The highest BCUT2D eigenvalue weighted by atomic mass is 35.5. The van der Waals surface area contributed by atoms with Gasteiger partial charge in [-0.15, -0.1) is 4.40 Å². The van der Waals surface area contributed by atoms with Crippen LogP contribution in [0.2, 0.25) is 5.02 Å². The van der Waals surface area contributed by atoms with Crippen molar-refractivity contribution in [2.75, 3.05) is 0 Å². The molecule has 0 aliphatic carbocycles. The van der Waals surface area contributed by atoms with Crippen LogP contribution in [0.5, 0.6) is 5.75 Å². The lowest BCUT2D eigenvalue weighted by Gasteiger charge is -2.09. The maximum Gasteiger partial charge on any atom is 0.285 e. The van der Waals surface area contributed by atoms with Crippen molar-refractivity contribution in [1.29, 1.82) is 0 Å². The summed E-state index contributed by atoms with van der Waals surface area (Å²) < 4.78 is 34.8. The van der Waals surface area contributed by atoms with E-state index in [0.717, 1.165) is 0 Å². The Hall–Kier alpha value is -2.63. The molecule has 3 rings (SSSR count). The molecule has 3 aromatic rings. The van der Waals surface area contributed by atoms with Gasteiger partial charge in [0.2, 0.25) is 5.90 Å². The molecule has 0 heterocycles. The van der Waals surface area contributed by atoms with Crippen LogP contribution in [0.1, 0.15) is 5.56 Å². The summed E-state index contributed by atoms with van der Waals surface area (Å²) in [6, 6.07) is 23.6. The number of hydrogen-bond donors (Lipinski definition) is 0. The molecule has 0 aliphatic heterocycles. The number of sulfonamides is 1. The first kappa shape index (κ1) is 17.2. The number of hydrogen-bond acceptors (Lipinski definition) is 3. The first-order valence-corrected chi connectivity index (χ1v) is 9.25. The van der Waals surface area contributed by atoms with E-state index in [1.807, 2.05) is 12.1 Å². The molecule has 126 valence electrons. The summed E-state index contributed by atoms with van der Waals surface area (Å²) in [5.41, 5.74) is 0.559. The molecular formula is C19H14ClNO3S. The lowest BCUT2D eigenvalue weighted by Crippen LogP contribution is -2.13. The zero-order valence-corrected chi connectivity index (χ0v) is 14.6.